The summed E-state index contributed by atoms with van der Waals surface area (Å²) in [6.45, 7) is 2.50. The summed E-state index contributed by atoms with van der Waals surface area (Å²) in [7, 11) is 0. The molecule has 0 unspecified atom stereocenters. The van der Waals surface area contributed by atoms with E-state index in [1.54, 1.807) is 6.07 Å². The van der Waals surface area contributed by atoms with Gasteiger partial charge in [-0.05, 0) is 24.1 Å². The Morgan fingerprint density at radius 3 is 2.45 bits per heavy atom. The molecule has 106 valence electrons. The molecule has 0 bridgehead atoms. The van der Waals surface area contributed by atoms with Crippen LogP contribution in [0.3, 0.4) is 0 Å². The maximum absolute atomic E-state index is 10.3. The van der Waals surface area contributed by atoms with Crippen LogP contribution >= 0.6 is 23.2 Å². The van der Waals surface area contributed by atoms with Gasteiger partial charge in [-0.25, -0.2) is 0 Å². The summed E-state index contributed by atoms with van der Waals surface area (Å²) in [5, 5.41) is 14.6. The van der Waals surface area contributed by atoms with Gasteiger partial charge in [-0.2, -0.15) is 0 Å². The molecule has 0 radical (unpaired) electrons. The van der Waals surface area contributed by atoms with Gasteiger partial charge in [0, 0.05) is 12.6 Å². The molecule has 2 aromatic rings. The average molecular weight is 310 g/mol. The van der Waals surface area contributed by atoms with Crippen LogP contribution in [0.5, 0.6) is 0 Å². The third kappa shape index (κ3) is 3.74. The van der Waals surface area contributed by atoms with Crippen molar-refractivity contribution in [2.45, 2.75) is 25.6 Å². The highest BCUT2D eigenvalue weighted by atomic mass is 35.5. The second-order valence-corrected chi connectivity index (χ2v) is 5.52. The van der Waals surface area contributed by atoms with E-state index in [0.29, 0.717) is 16.6 Å². The van der Waals surface area contributed by atoms with Gasteiger partial charge in [-0.3, -0.25) is 0 Å². The van der Waals surface area contributed by atoms with Crippen LogP contribution in [0.15, 0.2) is 48.5 Å². The molecule has 2 rings (SSSR count). The zero-order chi connectivity index (χ0) is 14.5. The smallest absolute Gasteiger partial charge is 0.0940 e. The molecule has 0 aliphatic heterocycles. The van der Waals surface area contributed by atoms with E-state index in [1.807, 2.05) is 49.4 Å². The van der Waals surface area contributed by atoms with Gasteiger partial charge in [-0.15, -0.1) is 0 Å². The van der Waals surface area contributed by atoms with E-state index in [0.717, 1.165) is 11.1 Å². The second kappa shape index (κ2) is 7.09. The molecular weight excluding hydrogens is 293 g/mol. The summed E-state index contributed by atoms with van der Waals surface area (Å²) in [4.78, 5) is 0. The first-order chi connectivity index (χ1) is 9.59. The molecular formula is C16H17Cl2NO. The maximum atomic E-state index is 10.3. The van der Waals surface area contributed by atoms with Gasteiger partial charge < -0.3 is 10.4 Å². The largest absolute Gasteiger partial charge is 0.387 e. The fraction of sp³-hybridized carbons (Fsp3) is 0.250. The zero-order valence-corrected chi connectivity index (χ0v) is 12.7. The van der Waals surface area contributed by atoms with Gasteiger partial charge in [0.15, 0.2) is 0 Å². The molecule has 0 amide bonds. The number of hydrogen-bond donors (Lipinski definition) is 2. The van der Waals surface area contributed by atoms with Crippen LogP contribution in [0.2, 0.25) is 10.0 Å². The number of halogens is 2. The molecule has 0 aliphatic rings. The molecule has 2 N–H and O–H groups in total. The summed E-state index contributed by atoms with van der Waals surface area (Å²) >= 11 is 12.1. The van der Waals surface area contributed by atoms with Crippen LogP contribution in [0, 0.1) is 0 Å². The molecule has 0 saturated heterocycles. The molecule has 0 heterocycles. The summed E-state index contributed by atoms with van der Waals surface area (Å²) < 4.78 is 0. The Labute approximate surface area is 129 Å². The van der Waals surface area contributed by atoms with Crippen molar-refractivity contribution in [1.29, 1.82) is 0 Å². The van der Waals surface area contributed by atoms with Gasteiger partial charge in [0.2, 0.25) is 0 Å². The van der Waals surface area contributed by atoms with Crippen molar-refractivity contribution >= 4 is 23.2 Å². The number of benzene rings is 2. The van der Waals surface area contributed by atoms with E-state index in [2.05, 4.69) is 5.32 Å². The third-order valence-corrected chi connectivity index (χ3v) is 4.12. The van der Waals surface area contributed by atoms with Crippen molar-refractivity contribution in [2.75, 3.05) is 0 Å². The van der Waals surface area contributed by atoms with Gasteiger partial charge in [-0.1, -0.05) is 65.7 Å². The minimum Gasteiger partial charge on any atom is -0.387 e. The Bertz CT molecular complexity index is 560. The average Bonchev–Trinajstić information content (AvgIpc) is 2.48. The minimum atomic E-state index is -0.561. The van der Waals surface area contributed by atoms with Crippen molar-refractivity contribution < 1.29 is 5.11 Å². The molecule has 0 aromatic heterocycles. The quantitative estimate of drug-likeness (QED) is 0.867. The summed E-state index contributed by atoms with van der Waals surface area (Å²) in [6, 6.07) is 15.0. The van der Waals surface area contributed by atoms with Gasteiger partial charge in [0.25, 0.3) is 0 Å². The van der Waals surface area contributed by atoms with Crippen LogP contribution in [-0.2, 0) is 6.54 Å². The molecule has 20 heavy (non-hydrogen) atoms. The van der Waals surface area contributed by atoms with Crippen molar-refractivity contribution in [2.24, 2.45) is 0 Å². The number of rotatable bonds is 5. The van der Waals surface area contributed by atoms with E-state index in [1.165, 1.54) is 0 Å². The van der Waals surface area contributed by atoms with Crippen LogP contribution < -0.4 is 5.32 Å². The van der Waals surface area contributed by atoms with Crippen LogP contribution in [0.4, 0.5) is 0 Å². The highest BCUT2D eigenvalue weighted by Gasteiger charge is 2.16. The SMILES string of the molecule is C[C@H](NCc1cccc(Cl)c1Cl)[C@@H](O)c1ccccc1. The lowest BCUT2D eigenvalue weighted by atomic mass is 10.0. The Morgan fingerprint density at radius 1 is 1.05 bits per heavy atom. The van der Waals surface area contributed by atoms with E-state index >= 15 is 0 Å². The molecule has 2 atom stereocenters. The van der Waals surface area contributed by atoms with E-state index < -0.39 is 6.10 Å². The predicted octanol–water partition coefficient (Wildman–Crippen LogP) is 4.21. The standard InChI is InChI=1S/C16H17Cl2NO/c1-11(16(20)12-6-3-2-4-7-12)19-10-13-8-5-9-14(17)15(13)18/h2-9,11,16,19-20H,10H2,1H3/t11-,16+/m0/s1. The Morgan fingerprint density at radius 2 is 1.75 bits per heavy atom. The number of nitrogens with one attached hydrogen (secondary N) is 1. The van der Waals surface area contributed by atoms with E-state index in [9.17, 15) is 5.11 Å². The predicted molar refractivity (Wildman–Crippen MR) is 84.2 cm³/mol. The third-order valence-electron chi connectivity index (χ3n) is 3.26. The van der Waals surface area contributed by atoms with Crippen molar-refractivity contribution in [3.05, 3.63) is 69.7 Å². The van der Waals surface area contributed by atoms with Crippen LogP contribution in [0.25, 0.3) is 0 Å². The van der Waals surface area contributed by atoms with Crippen LogP contribution in [-0.4, -0.2) is 11.1 Å². The summed E-state index contributed by atoms with van der Waals surface area (Å²) in [6.07, 6.45) is -0.561. The molecule has 4 heteroatoms. The normalized spacial score (nSPS) is 14.0. The lowest BCUT2D eigenvalue weighted by Gasteiger charge is -2.21. The van der Waals surface area contributed by atoms with Crippen molar-refractivity contribution in [1.82, 2.24) is 5.32 Å². The Balaban J connectivity index is 1.98. The molecule has 2 aromatic carbocycles. The Hall–Kier alpha value is -1.06. The van der Waals surface area contributed by atoms with Crippen LogP contribution in [0.1, 0.15) is 24.2 Å². The zero-order valence-electron chi connectivity index (χ0n) is 11.2. The monoisotopic (exact) mass is 309 g/mol. The lowest BCUT2D eigenvalue weighted by molar-refractivity contribution is 0.135. The van der Waals surface area contributed by atoms with Crippen molar-refractivity contribution in [3.8, 4) is 0 Å². The van der Waals surface area contributed by atoms with Gasteiger partial charge >= 0.3 is 0 Å². The first kappa shape index (κ1) is 15.3. The number of hydrogen-bond acceptors (Lipinski definition) is 2. The van der Waals surface area contributed by atoms with Gasteiger partial charge in [0.1, 0.15) is 0 Å². The maximum Gasteiger partial charge on any atom is 0.0940 e. The summed E-state index contributed by atoms with van der Waals surface area (Å²) in [5.74, 6) is 0. The molecule has 2 nitrogen and oxygen atoms in total. The van der Waals surface area contributed by atoms with E-state index in [-0.39, 0.29) is 6.04 Å². The molecule has 0 spiro atoms. The highest BCUT2D eigenvalue weighted by molar-refractivity contribution is 6.42. The molecule has 0 aliphatic carbocycles. The highest BCUT2D eigenvalue weighted by Crippen LogP contribution is 2.25. The molecule has 0 fully saturated rings. The first-order valence-electron chi connectivity index (χ1n) is 6.49. The second-order valence-electron chi connectivity index (χ2n) is 4.74. The summed E-state index contributed by atoms with van der Waals surface area (Å²) in [5.41, 5.74) is 1.82. The minimum absolute atomic E-state index is 0.0903. The topological polar surface area (TPSA) is 32.3 Å². The van der Waals surface area contributed by atoms with Crippen molar-refractivity contribution in [3.63, 3.8) is 0 Å². The first-order valence-corrected chi connectivity index (χ1v) is 7.24. The molecule has 0 saturated carbocycles. The number of aliphatic hydroxyl groups excluding tert-OH is 1. The fourth-order valence-electron chi connectivity index (χ4n) is 2.01. The van der Waals surface area contributed by atoms with Gasteiger partial charge in [0.05, 0.1) is 16.1 Å². The van der Waals surface area contributed by atoms with E-state index in [4.69, 9.17) is 23.2 Å². The number of aliphatic hydroxyl groups is 1. The lowest BCUT2D eigenvalue weighted by Crippen LogP contribution is -2.31. The Kier molecular flexibility index (Phi) is 5.44. The fourth-order valence-corrected chi connectivity index (χ4v) is 2.39.